The molecule has 0 aromatic heterocycles. The summed E-state index contributed by atoms with van der Waals surface area (Å²) in [5, 5.41) is 9.55. The highest BCUT2D eigenvalue weighted by Gasteiger charge is 2.58. The molecule has 1 fully saturated rings. The molecule has 0 spiro atoms. The van der Waals surface area contributed by atoms with Gasteiger partial charge in [-0.05, 0) is 12.5 Å². The predicted octanol–water partition coefficient (Wildman–Crippen LogP) is 1.93. The largest absolute Gasteiger partial charge is 0.383 e. The second kappa shape index (κ2) is 3.25. The summed E-state index contributed by atoms with van der Waals surface area (Å²) in [6.45, 7) is 0.744. The minimum Gasteiger partial charge on any atom is -0.383 e. The Kier molecular flexibility index (Phi) is 2.28. The first kappa shape index (κ1) is 10.5. The number of aliphatic hydroxyl groups is 1. The lowest BCUT2D eigenvalue weighted by Gasteiger charge is -2.28. The molecule has 0 amide bonds. The molecule has 0 bridgehead atoms. The molecule has 1 N–H and O–H groups in total. The normalized spacial score (nSPS) is 34.3. The van der Waals surface area contributed by atoms with E-state index in [-0.39, 0.29) is 0 Å². The monoisotopic (exact) mass is 214 g/mol. The van der Waals surface area contributed by atoms with Gasteiger partial charge in [-0.25, -0.2) is 8.78 Å². The molecule has 0 unspecified atom stereocenters. The number of rotatable bonds is 1. The van der Waals surface area contributed by atoms with Crippen molar-refractivity contribution >= 4 is 0 Å². The second-order valence-corrected chi connectivity index (χ2v) is 3.93. The standard InChI is InChI=1S/C11H12F2O2/c1-10(8-5-3-2-4-6-8)9(14)11(12,13)7-15-10/h2-6,9,14H,7H2,1H3/t9-,10-/m1/s1. The third kappa shape index (κ3) is 1.54. The first-order valence-electron chi connectivity index (χ1n) is 4.72. The molecule has 2 rings (SSSR count). The summed E-state index contributed by atoms with van der Waals surface area (Å²) in [4.78, 5) is 0. The summed E-state index contributed by atoms with van der Waals surface area (Å²) in [6.07, 6.45) is -1.80. The smallest absolute Gasteiger partial charge is 0.299 e. The Bertz CT molecular complexity index is 353. The van der Waals surface area contributed by atoms with Crippen LogP contribution in [0.2, 0.25) is 0 Å². The highest BCUT2D eigenvalue weighted by atomic mass is 19.3. The molecule has 2 atom stereocenters. The van der Waals surface area contributed by atoms with Crippen LogP contribution >= 0.6 is 0 Å². The first-order chi connectivity index (χ1) is 6.97. The number of alkyl halides is 2. The summed E-state index contributed by atoms with van der Waals surface area (Å²) in [5.41, 5.74) is -0.750. The van der Waals surface area contributed by atoms with Gasteiger partial charge in [0, 0.05) is 0 Å². The van der Waals surface area contributed by atoms with Crippen molar-refractivity contribution in [2.75, 3.05) is 6.61 Å². The Morgan fingerprint density at radius 2 is 1.93 bits per heavy atom. The molecule has 4 heteroatoms. The average molecular weight is 214 g/mol. The minimum atomic E-state index is -3.18. The van der Waals surface area contributed by atoms with Gasteiger partial charge in [0.05, 0.1) is 0 Å². The minimum absolute atomic E-state index is 0.565. The number of hydrogen-bond acceptors (Lipinski definition) is 2. The van der Waals surface area contributed by atoms with Crippen LogP contribution in [0, 0.1) is 0 Å². The number of aliphatic hydroxyl groups excluding tert-OH is 1. The third-order valence-electron chi connectivity index (χ3n) is 2.83. The van der Waals surface area contributed by atoms with Crippen LogP contribution < -0.4 is 0 Å². The van der Waals surface area contributed by atoms with Crippen LogP contribution in [-0.4, -0.2) is 23.7 Å². The van der Waals surface area contributed by atoms with Gasteiger partial charge in [0.1, 0.15) is 12.2 Å². The SMILES string of the molecule is C[C@]1(c2ccccc2)OCC(F)(F)[C@@H]1O. The van der Waals surface area contributed by atoms with Gasteiger partial charge in [0.15, 0.2) is 6.10 Å². The topological polar surface area (TPSA) is 29.5 Å². The third-order valence-corrected chi connectivity index (χ3v) is 2.83. The van der Waals surface area contributed by atoms with E-state index in [0.717, 1.165) is 0 Å². The van der Waals surface area contributed by atoms with Crippen molar-refractivity contribution in [1.82, 2.24) is 0 Å². The van der Waals surface area contributed by atoms with E-state index in [9.17, 15) is 13.9 Å². The summed E-state index contributed by atoms with van der Waals surface area (Å²) < 4.78 is 31.3. The number of halogens is 2. The fourth-order valence-electron chi connectivity index (χ4n) is 1.82. The fraction of sp³-hybridized carbons (Fsp3) is 0.455. The zero-order chi connectivity index (χ0) is 11.1. The van der Waals surface area contributed by atoms with Gasteiger partial charge >= 0.3 is 0 Å². The van der Waals surface area contributed by atoms with Gasteiger partial charge < -0.3 is 9.84 Å². The Balaban J connectivity index is 2.38. The van der Waals surface area contributed by atoms with Crippen molar-refractivity contribution in [3.63, 3.8) is 0 Å². The van der Waals surface area contributed by atoms with E-state index >= 15 is 0 Å². The predicted molar refractivity (Wildman–Crippen MR) is 50.7 cm³/mol. The molecule has 1 aromatic rings. The highest BCUT2D eigenvalue weighted by Crippen LogP contribution is 2.43. The molecule has 82 valence electrons. The van der Waals surface area contributed by atoms with Crippen LogP contribution in [0.15, 0.2) is 30.3 Å². The second-order valence-electron chi connectivity index (χ2n) is 3.93. The number of benzene rings is 1. The lowest BCUT2D eigenvalue weighted by molar-refractivity contribution is -0.0998. The van der Waals surface area contributed by atoms with E-state index < -0.39 is 24.2 Å². The van der Waals surface area contributed by atoms with Crippen LogP contribution in [0.25, 0.3) is 0 Å². The zero-order valence-electron chi connectivity index (χ0n) is 8.28. The highest BCUT2D eigenvalue weighted by molar-refractivity contribution is 5.25. The maximum Gasteiger partial charge on any atom is 0.299 e. The summed E-state index contributed by atoms with van der Waals surface area (Å²) >= 11 is 0. The first-order valence-corrected chi connectivity index (χ1v) is 4.72. The fourth-order valence-corrected chi connectivity index (χ4v) is 1.82. The molecule has 1 heterocycles. The van der Waals surface area contributed by atoms with Gasteiger partial charge in [0.2, 0.25) is 0 Å². The average Bonchev–Trinajstić information content (AvgIpc) is 2.45. The van der Waals surface area contributed by atoms with Gasteiger partial charge in [-0.15, -0.1) is 0 Å². The Morgan fingerprint density at radius 3 is 2.40 bits per heavy atom. The van der Waals surface area contributed by atoms with Crippen molar-refractivity contribution in [2.45, 2.75) is 24.6 Å². The van der Waals surface area contributed by atoms with Crippen LogP contribution in [0.3, 0.4) is 0 Å². The molecule has 1 saturated heterocycles. The molecule has 15 heavy (non-hydrogen) atoms. The van der Waals surface area contributed by atoms with E-state index in [1.807, 2.05) is 0 Å². The van der Waals surface area contributed by atoms with Crippen molar-refractivity contribution in [1.29, 1.82) is 0 Å². The van der Waals surface area contributed by atoms with E-state index in [2.05, 4.69) is 0 Å². The number of ether oxygens (including phenoxy) is 1. The van der Waals surface area contributed by atoms with Gasteiger partial charge in [0.25, 0.3) is 5.92 Å². The maximum atomic E-state index is 13.1. The Hall–Kier alpha value is -1.00. The van der Waals surface area contributed by atoms with E-state index in [1.165, 1.54) is 6.92 Å². The van der Waals surface area contributed by atoms with Crippen molar-refractivity contribution < 1.29 is 18.6 Å². The van der Waals surface area contributed by atoms with Crippen LogP contribution in [0.5, 0.6) is 0 Å². The molecule has 0 radical (unpaired) electrons. The van der Waals surface area contributed by atoms with Gasteiger partial charge in [-0.2, -0.15) is 0 Å². The van der Waals surface area contributed by atoms with Crippen molar-refractivity contribution in [3.05, 3.63) is 35.9 Å². The van der Waals surface area contributed by atoms with E-state index in [4.69, 9.17) is 4.74 Å². The maximum absolute atomic E-state index is 13.1. The van der Waals surface area contributed by atoms with E-state index in [1.54, 1.807) is 30.3 Å². The molecule has 2 nitrogen and oxygen atoms in total. The summed E-state index contributed by atoms with van der Waals surface area (Å²) in [7, 11) is 0. The Labute approximate surface area is 86.5 Å². The molecular formula is C11H12F2O2. The molecule has 0 saturated carbocycles. The molecule has 1 aliphatic heterocycles. The number of hydrogen-bond donors (Lipinski definition) is 1. The quantitative estimate of drug-likeness (QED) is 0.774. The van der Waals surface area contributed by atoms with Gasteiger partial charge in [-0.1, -0.05) is 30.3 Å². The summed E-state index contributed by atoms with van der Waals surface area (Å²) in [6, 6.07) is 8.59. The lowest BCUT2D eigenvalue weighted by Crippen LogP contribution is -2.41. The molecule has 1 aromatic carbocycles. The van der Waals surface area contributed by atoms with Crippen molar-refractivity contribution in [2.24, 2.45) is 0 Å². The zero-order valence-corrected chi connectivity index (χ0v) is 8.28. The van der Waals surface area contributed by atoms with Crippen molar-refractivity contribution in [3.8, 4) is 0 Å². The van der Waals surface area contributed by atoms with Gasteiger partial charge in [-0.3, -0.25) is 0 Å². The van der Waals surface area contributed by atoms with E-state index in [0.29, 0.717) is 5.56 Å². The van der Waals surface area contributed by atoms with Crippen LogP contribution in [0.4, 0.5) is 8.78 Å². The van der Waals surface area contributed by atoms with Crippen LogP contribution in [0.1, 0.15) is 12.5 Å². The summed E-state index contributed by atoms with van der Waals surface area (Å²) in [5.74, 6) is -3.18. The Morgan fingerprint density at radius 1 is 1.33 bits per heavy atom. The van der Waals surface area contributed by atoms with Crippen LogP contribution in [-0.2, 0) is 10.3 Å². The molecular weight excluding hydrogens is 202 g/mol. The molecule has 1 aliphatic rings. The molecule has 0 aliphatic carbocycles. The lowest BCUT2D eigenvalue weighted by atomic mass is 9.89.